The Kier molecular flexibility index (Phi) is 2.05. The van der Waals surface area contributed by atoms with Gasteiger partial charge in [-0.05, 0) is 19.3 Å². The third kappa shape index (κ3) is 1.68. The van der Waals surface area contributed by atoms with Gasteiger partial charge in [0.1, 0.15) is 0 Å². The highest BCUT2D eigenvalue weighted by Crippen LogP contribution is 2.17. The molecule has 1 unspecified atom stereocenters. The summed E-state index contributed by atoms with van der Waals surface area (Å²) >= 11 is 0. The number of nitrogens with one attached hydrogen (secondary N) is 1. The summed E-state index contributed by atoms with van der Waals surface area (Å²) in [7, 11) is 0. The van der Waals surface area contributed by atoms with Crippen molar-refractivity contribution < 1.29 is 9.90 Å². The molecule has 0 spiro atoms. The first-order valence-corrected chi connectivity index (χ1v) is 3.20. The molecule has 0 aromatic carbocycles. The Hall–Kier alpha value is -0.570. The summed E-state index contributed by atoms with van der Waals surface area (Å²) in [5.74, 6) is 0. The summed E-state index contributed by atoms with van der Waals surface area (Å²) in [6, 6.07) is 0.220. The number of carbonyl (C=O) groups excluding carboxylic acids is 1. The summed E-state index contributed by atoms with van der Waals surface area (Å²) in [6.07, 6.45) is 2.97. The van der Waals surface area contributed by atoms with Gasteiger partial charge in [0.15, 0.2) is 0 Å². The molecule has 9 heavy (non-hydrogen) atoms. The molecule has 1 aliphatic rings. The SMILES string of the molecule is O=CN[C@@H]1CCC(O)C1. The third-order valence-electron chi connectivity index (χ3n) is 1.71. The van der Waals surface area contributed by atoms with E-state index >= 15 is 0 Å². The fourth-order valence-corrected chi connectivity index (χ4v) is 1.21. The van der Waals surface area contributed by atoms with Crippen LogP contribution in [0.1, 0.15) is 19.3 Å². The summed E-state index contributed by atoms with van der Waals surface area (Å²) in [5, 5.41) is 11.6. The second kappa shape index (κ2) is 2.82. The van der Waals surface area contributed by atoms with Gasteiger partial charge in [0.05, 0.1) is 6.10 Å². The summed E-state index contributed by atoms with van der Waals surface area (Å²) in [6.45, 7) is 0. The van der Waals surface area contributed by atoms with E-state index in [1.807, 2.05) is 0 Å². The minimum absolute atomic E-state index is 0.192. The molecule has 3 heteroatoms. The van der Waals surface area contributed by atoms with Crippen LogP contribution in [0.3, 0.4) is 0 Å². The van der Waals surface area contributed by atoms with Gasteiger partial charge in [-0.2, -0.15) is 0 Å². The number of amides is 1. The molecule has 0 saturated heterocycles. The van der Waals surface area contributed by atoms with Crippen molar-refractivity contribution in [2.24, 2.45) is 0 Å². The minimum Gasteiger partial charge on any atom is -0.393 e. The molecule has 2 N–H and O–H groups in total. The molecule has 52 valence electrons. The number of hydrogen-bond acceptors (Lipinski definition) is 2. The molecule has 1 rings (SSSR count). The van der Waals surface area contributed by atoms with Gasteiger partial charge in [0, 0.05) is 6.04 Å². The molecule has 2 atom stereocenters. The van der Waals surface area contributed by atoms with E-state index in [2.05, 4.69) is 5.32 Å². The summed E-state index contributed by atoms with van der Waals surface area (Å²) in [4.78, 5) is 9.87. The second-order valence-electron chi connectivity index (χ2n) is 2.45. The van der Waals surface area contributed by atoms with Crippen LogP contribution in [0, 0.1) is 0 Å². The maximum Gasteiger partial charge on any atom is 0.207 e. The third-order valence-corrected chi connectivity index (χ3v) is 1.71. The second-order valence-corrected chi connectivity index (χ2v) is 2.45. The predicted molar refractivity (Wildman–Crippen MR) is 32.8 cm³/mol. The lowest BCUT2D eigenvalue weighted by atomic mass is 10.2. The van der Waals surface area contributed by atoms with Crippen LogP contribution in [-0.4, -0.2) is 23.7 Å². The largest absolute Gasteiger partial charge is 0.393 e. The van der Waals surface area contributed by atoms with E-state index in [4.69, 9.17) is 5.11 Å². The van der Waals surface area contributed by atoms with Crippen LogP contribution in [-0.2, 0) is 4.79 Å². The van der Waals surface area contributed by atoms with E-state index in [1.165, 1.54) is 0 Å². The Morgan fingerprint density at radius 3 is 2.78 bits per heavy atom. The van der Waals surface area contributed by atoms with Gasteiger partial charge < -0.3 is 10.4 Å². The van der Waals surface area contributed by atoms with Gasteiger partial charge in [0.25, 0.3) is 0 Å². The zero-order valence-corrected chi connectivity index (χ0v) is 5.21. The molecule has 0 bridgehead atoms. The van der Waals surface area contributed by atoms with E-state index in [0.29, 0.717) is 6.41 Å². The number of carbonyl (C=O) groups is 1. The smallest absolute Gasteiger partial charge is 0.207 e. The lowest BCUT2D eigenvalue weighted by Crippen LogP contribution is -2.24. The van der Waals surface area contributed by atoms with Gasteiger partial charge in [-0.1, -0.05) is 0 Å². The van der Waals surface area contributed by atoms with Gasteiger partial charge in [-0.25, -0.2) is 0 Å². The summed E-state index contributed by atoms with van der Waals surface area (Å²) < 4.78 is 0. The fraction of sp³-hybridized carbons (Fsp3) is 0.833. The molecule has 3 nitrogen and oxygen atoms in total. The summed E-state index contributed by atoms with van der Waals surface area (Å²) in [5.41, 5.74) is 0. The predicted octanol–water partition coefficient (Wildman–Crippen LogP) is -0.354. The average Bonchev–Trinajstić information content (AvgIpc) is 2.17. The van der Waals surface area contributed by atoms with E-state index < -0.39 is 0 Å². The van der Waals surface area contributed by atoms with Gasteiger partial charge >= 0.3 is 0 Å². The number of rotatable bonds is 2. The van der Waals surface area contributed by atoms with Crippen molar-refractivity contribution in [3.8, 4) is 0 Å². The molecule has 0 aromatic rings. The van der Waals surface area contributed by atoms with Crippen LogP contribution in [0.4, 0.5) is 0 Å². The molecule has 1 aliphatic carbocycles. The van der Waals surface area contributed by atoms with Crippen molar-refractivity contribution in [1.82, 2.24) is 5.32 Å². The quantitative estimate of drug-likeness (QED) is 0.500. The lowest BCUT2D eigenvalue weighted by molar-refractivity contribution is -0.110. The number of hydrogen-bond donors (Lipinski definition) is 2. The molecule has 0 aromatic heterocycles. The van der Waals surface area contributed by atoms with Gasteiger partial charge in [-0.15, -0.1) is 0 Å². The van der Waals surface area contributed by atoms with Crippen molar-refractivity contribution in [1.29, 1.82) is 0 Å². The van der Waals surface area contributed by atoms with Crippen molar-refractivity contribution in [3.05, 3.63) is 0 Å². The molecule has 0 radical (unpaired) electrons. The van der Waals surface area contributed by atoms with E-state index in [-0.39, 0.29) is 12.1 Å². The highest BCUT2D eigenvalue weighted by atomic mass is 16.3. The first kappa shape index (κ1) is 6.55. The van der Waals surface area contributed by atoms with Gasteiger partial charge in [0.2, 0.25) is 6.41 Å². The first-order chi connectivity index (χ1) is 4.33. The molecule has 1 saturated carbocycles. The van der Waals surface area contributed by atoms with Crippen molar-refractivity contribution in [3.63, 3.8) is 0 Å². The van der Waals surface area contributed by atoms with Crippen LogP contribution < -0.4 is 5.32 Å². The Balaban J connectivity index is 2.21. The molecule has 0 aliphatic heterocycles. The maximum atomic E-state index is 9.87. The van der Waals surface area contributed by atoms with Crippen LogP contribution in [0.5, 0.6) is 0 Å². The fourth-order valence-electron chi connectivity index (χ4n) is 1.21. The normalized spacial score (nSPS) is 34.3. The Bertz CT molecular complexity index is 105. The maximum absolute atomic E-state index is 9.87. The minimum atomic E-state index is -0.192. The average molecular weight is 129 g/mol. The molecule has 0 heterocycles. The van der Waals surface area contributed by atoms with E-state index in [1.54, 1.807) is 0 Å². The van der Waals surface area contributed by atoms with Crippen LogP contribution in [0.25, 0.3) is 0 Å². The Morgan fingerprint density at radius 2 is 2.33 bits per heavy atom. The topological polar surface area (TPSA) is 49.3 Å². The molecule has 1 amide bonds. The van der Waals surface area contributed by atoms with E-state index in [0.717, 1.165) is 19.3 Å². The first-order valence-electron chi connectivity index (χ1n) is 3.20. The van der Waals surface area contributed by atoms with E-state index in [9.17, 15) is 4.79 Å². The van der Waals surface area contributed by atoms with Crippen molar-refractivity contribution >= 4 is 6.41 Å². The Morgan fingerprint density at radius 1 is 1.56 bits per heavy atom. The molecule has 1 fully saturated rings. The Labute approximate surface area is 54.1 Å². The number of aliphatic hydroxyl groups excluding tert-OH is 1. The highest BCUT2D eigenvalue weighted by Gasteiger charge is 2.21. The van der Waals surface area contributed by atoms with Crippen LogP contribution >= 0.6 is 0 Å². The van der Waals surface area contributed by atoms with Crippen LogP contribution in [0.15, 0.2) is 0 Å². The number of aliphatic hydroxyl groups is 1. The monoisotopic (exact) mass is 129 g/mol. The lowest BCUT2D eigenvalue weighted by Gasteiger charge is -2.04. The molecular formula is C6H11NO2. The van der Waals surface area contributed by atoms with Crippen molar-refractivity contribution in [2.45, 2.75) is 31.4 Å². The highest BCUT2D eigenvalue weighted by molar-refractivity contribution is 5.46. The zero-order chi connectivity index (χ0) is 6.69. The molecular weight excluding hydrogens is 118 g/mol. The standard InChI is InChI=1S/C6H11NO2/c8-4-7-5-1-2-6(9)3-5/h4-6,9H,1-3H2,(H,7,8)/t5-,6?/m1/s1. The zero-order valence-electron chi connectivity index (χ0n) is 5.21. The van der Waals surface area contributed by atoms with Crippen LogP contribution in [0.2, 0.25) is 0 Å². The van der Waals surface area contributed by atoms with Crippen molar-refractivity contribution in [2.75, 3.05) is 0 Å². The van der Waals surface area contributed by atoms with Gasteiger partial charge in [-0.3, -0.25) is 4.79 Å².